The molecule has 5 heteroatoms. The Morgan fingerprint density at radius 1 is 1.16 bits per heavy atom. The van der Waals surface area contributed by atoms with Crippen molar-refractivity contribution in [2.45, 2.75) is 78.9 Å². The van der Waals surface area contributed by atoms with Gasteiger partial charge in [0.05, 0.1) is 11.7 Å². The van der Waals surface area contributed by atoms with Crippen molar-refractivity contribution in [1.29, 1.82) is 0 Å². The largest absolute Gasteiger partial charge is 0.472 e. The standard InChI is InChI=1S/C14H29O4P/c1-13(2,3)10-11-7-8-12(9-11)17-19(15,16)18-14(4,5)6/h11-12H,7-10H2,1-6H3,(H,15,16)/t11-,12-/m0/s1. The lowest BCUT2D eigenvalue weighted by Gasteiger charge is -2.25. The molecule has 0 aromatic heterocycles. The Balaban J connectivity index is 2.46. The maximum Gasteiger partial charge on any atom is 0.472 e. The van der Waals surface area contributed by atoms with Crippen LogP contribution in [0.2, 0.25) is 0 Å². The van der Waals surface area contributed by atoms with Gasteiger partial charge in [-0.2, -0.15) is 0 Å². The zero-order valence-corrected chi connectivity index (χ0v) is 14.0. The number of hydrogen-bond acceptors (Lipinski definition) is 3. The first-order chi connectivity index (χ1) is 8.36. The van der Waals surface area contributed by atoms with E-state index in [0.717, 1.165) is 25.7 Å². The molecular formula is C14H29O4P. The minimum atomic E-state index is -3.94. The molecule has 1 aliphatic rings. The van der Waals surface area contributed by atoms with Gasteiger partial charge in [0.15, 0.2) is 0 Å². The Labute approximate surface area is 117 Å². The van der Waals surface area contributed by atoms with Gasteiger partial charge in [-0.3, -0.25) is 9.05 Å². The fourth-order valence-corrected chi connectivity index (χ4v) is 4.04. The molecule has 19 heavy (non-hydrogen) atoms. The second-order valence-electron chi connectivity index (χ2n) is 7.84. The van der Waals surface area contributed by atoms with Crippen molar-refractivity contribution in [2.75, 3.05) is 0 Å². The average molecular weight is 292 g/mol. The van der Waals surface area contributed by atoms with Crippen molar-refractivity contribution in [1.82, 2.24) is 0 Å². The third kappa shape index (κ3) is 7.45. The van der Waals surface area contributed by atoms with E-state index in [1.54, 1.807) is 20.8 Å². The zero-order valence-electron chi connectivity index (χ0n) is 13.1. The van der Waals surface area contributed by atoms with Crippen LogP contribution in [0.15, 0.2) is 0 Å². The van der Waals surface area contributed by atoms with E-state index in [9.17, 15) is 9.46 Å². The van der Waals surface area contributed by atoms with Gasteiger partial charge in [0.2, 0.25) is 0 Å². The van der Waals surface area contributed by atoms with Crippen molar-refractivity contribution >= 4 is 7.82 Å². The van der Waals surface area contributed by atoms with Crippen LogP contribution in [-0.2, 0) is 13.6 Å². The van der Waals surface area contributed by atoms with E-state index >= 15 is 0 Å². The number of phosphoric ester groups is 1. The molecule has 0 heterocycles. The molecule has 4 nitrogen and oxygen atoms in total. The molecule has 0 amide bonds. The second-order valence-corrected chi connectivity index (χ2v) is 9.17. The molecule has 1 aliphatic carbocycles. The summed E-state index contributed by atoms with van der Waals surface area (Å²) in [5.41, 5.74) is -0.377. The second kappa shape index (κ2) is 5.85. The van der Waals surface area contributed by atoms with Gasteiger partial charge in [-0.15, -0.1) is 0 Å². The summed E-state index contributed by atoms with van der Waals surface area (Å²) in [5.74, 6) is 0.583. The molecule has 1 saturated carbocycles. The average Bonchev–Trinajstić information content (AvgIpc) is 2.42. The molecule has 0 bridgehead atoms. The van der Waals surface area contributed by atoms with E-state index in [1.165, 1.54) is 0 Å². The number of phosphoric acid groups is 1. The molecule has 3 atom stereocenters. The number of rotatable bonds is 4. The lowest BCUT2D eigenvalue weighted by atomic mass is 9.84. The number of hydrogen-bond donors (Lipinski definition) is 1. The summed E-state index contributed by atoms with van der Waals surface area (Å²) in [6, 6.07) is 0. The fourth-order valence-electron chi connectivity index (χ4n) is 2.73. The van der Waals surface area contributed by atoms with E-state index in [0.29, 0.717) is 11.3 Å². The van der Waals surface area contributed by atoms with Crippen LogP contribution in [0.25, 0.3) is 0 Å². The maximum atomic E-state index is 11.9. The van der Waals surface area contributed by atoms with E-state index < -0.39 is 13.4 Å². The van der Waals surface area contributed by atoms with Gasteiger partial charge in [0.1, 0.15) is 0 Å². The van der Waals surface area contributed by atoms with Gasteiger partial charge in [-0.1, -0.05) is 20.8 Å². The summed E-state index contributed by atoms with van der Waals surface area (Å²) < 4.78 is 22.3. The highest BCUT2D eigenvalue weighted by Gasteiger charge is 2.36. The van der Waals surface area contributed by atoms with Crippen molar-refractivity contribution < 1.29 is 18.5 Å². The summed E-state index contributed by atoms with van der Waals surface area (Å²) in [7, 11) is -3.94. The summed E-state index contributed by atoms with van der Waals surface area (Å²) in [4.78, 5) is 9.74. The van der Waals surface area contributed by atoms with Crippen LogP contribution in [-0.4, -0.2) is 16.6 Å². The fraction of sp³-hybridized carbons (Fsp3) is 1.00. The summed E-state index contributed by atoms with van der Waals surface area (Å²) in [6.45, 7) is 11.9. The SMILES string of the molecule is CC(C)(C)C[C@H]1CC[C@H](OP(=O)(O)OC(C)(C)C)C1. The Morgan fingerprint density at radius 3 is 2.21 bits per heavy atom. The molecule has 0 radical (unpaired) electrons. The quantitative estimate of drug-likeness (QED) is 0.774. The molecule has 0 aromatic rings. The topological polar surface area (TPSA) is 55.8 Å². The van der Waals surface area contributed by atoms with Gasteiger partial charge in [0.25, 0.3) is 0 Å². The third-order valence-electron chi connectivity index (χ3n) is 3.07. The monoisotopic (exact) mass is 292 g/mol. The van der Waals surface area contributed by atoms with Crippen LogP contribution in [0.3, 0.4) is 0 Å². The molecule has 1 rings (SSSR count). The minimum absolute atomic E-state index is 0.148. The van der Waals surface area contributed by atoms with E-state index in [4.69, 9.17) is 9.05 Å². The Kier molecular flexibility index (Phi) is 5.28. The van der Waals surface area contributed by atoms with Crippen LogP contribution < -0.4 is 0 Å². The Hall–Kier alpha value is 0.110. The predicted octanol–water partition coefficient (Wildman–Crippen LogP) is 4.52. The first-order valence-corrected chi connectivity index (χ1v) is 8.58. The van der Waals surface area contributed by atoms with E-state index in [2.05, 4.69) is 20.8 Å². The van der Waals surface area contributed by atoms with Crippen LogP contribution in [0, 0.1) is 11.3 Å². The van der Waals surface area contributed by atoms with Gasteiger partial charge < -0.3 is 4.89 Å². The van der Waals surface area contributed by atoms with Gasteiger partial charge in [0, 0.05) is 0 Å². The predicted molar refractivity (Wildman–Crippen MR) is 76.9 cm³/mol. The van der Waals surface area contributed by atoms with Crippen molar-refractivity contribution in [3.05, 3.63) is 0 Å². The molecular weight excluding hydrogens is 263 g/mol. The molecule has 0 saturated heterocycles. The molecule has 0 aromatic carbocycles. The first kappa shape index (κ1) is 17.2. The normalized spacial score (nSPS) is 28.4. The van der Waals surface area contributed by atoms with Crippen LogP contribution in [0.4, 0.5) is 0 Å². The maximum absolute atomic E-state index is 11.9. The molecule has 114 valence electrons. The summed E-state index contributed by atoms with van der Waals surface area (Å²) in [5, 5.41) is 0. The van der Waals surface area contributed by atoms with Crippen molar-refractivity contribution in [2.24, 2.45) is 11.3 Å². The summed E-state index contributed by atoms with van der Waals surface area (Å²) in [6.07, 6.45) is 3.75. The molecule has 0 aliphatic heterocycles. The van der Waals surface area contributed by atoms with Gasteiger partial charge >= 0.3 is 7.82 Å². The first-order valence-electron chi connectivity index (χ1n) is 7.08. The van der Waals surface area contributed by atoms with Crippen LogP contribution >= 0.6 is 7.82 Å². The smallest absolute Gasteiger partial charge is 0.302 e. The van der Waals surface area contributed by atoms with Crippen LogP contribution in [0.5, 0.6) is 0 Å². The van der Waals surface area contributed by atoms with Crippen molar-refractivity contribution in [3.8, 4) is 0 Å². The molecule has 1 fully saturated rings. The van der Waals surface area contributed by atoms with E-state index in [1.807, 2.05) is 0 Å². The molecule has 0 spiro atoms. The van der Waals surface area contributed by atoms with Crippen molar-refractivity contribution in [3.63, 3.8) is 0 Å². The summed E-state index contributed by atoms with van der Waals surface area (Å²) >= 11 is 0. The van der Waals surface area contributed by atoms with Crippen LogP contribution in [0.1, 0.15) is 67.2 Å². The highest BCUT2D eigenvalue weighted by atomic mass is 31.2. The Bertz CT molecular complexity index is 340. The lowest BCUT2D eigenvalue weighted by molar-refractivity contribution is 0.0420. The molecule has 1 unspecified atom stereocenters. The van der Waals surface area contributed by atoms with Gasteiger partial charge in [-0.25, -0.2) is 4.57 Å². The highest BCUT2D eigenvalue weighted by Crippen LogP contribution is 2.51. The minimum Gasteiger partial charge on any atom is -0.302 e. The third-order valence-corrected chi connectivity index (χ3v) is 4.41. The van der Waals surface area contributed by atoms with E-state index in [-0.39, 0.29) is 6.10 Å². The zero-order chi connectivity index (χ0) is 14.9. The molecule has 1 N–H and O–H groups in total. The van der Waals surface area contributed by atoms with Gasteiger partial charge in [-0.05, 0) is 57.8 Å². The highest BCUT2D eigenvalue weighted by molar-refractivity contribution is 7.47. The lowest BCUT2D eigenvalue weighted by Crippen LogP contribution is -2.20. The Morgan fingerprint density at radius 2 is 1.74 bits per heavy atom.